The first-order valence-electron chi connectivity index (χ1n) is 5.25. The summed E-state index contributed by atoms with van der Waals surface area (Å²) in [5.41, 5.74) is 6.29. The average Bonchev–Trinajstić information content (AvgIpc) is 2.37. The molecule has 2 rings (SSSR count). The summed E-state index contributed by atoms with van der Waals surface area (Å²) in [6, 6.07) is 6.44. The molecule has 0 saturated carbocycles. The number of hydrogen-bond donors (Lipinski definition) is 1. The largest absolute Gasteiger partial charge is 0.320 e. The highest BCUT2D eigenvalue weighted by molar-refractivity contribution is 9.10. The Hall–Kier alpha value is -0.490. The number of halogens is 5. The maximum Gasteiger partial charge on any atom is 0.145 e. The van der Waals surface area contributed by atoms with Crippen molar-refractivity contribution < 1.29 is 8.78 Å². The van der Waals surface area contributed by atoms with E-state index in [1.54, 1.807) is 18.2 Å². The van der Waals surface area contributed by atoms with E-state index in [4.69, 9.17) is 17.3 Å². The normalized spacial score (nSPS) is 12.5. The average molecular weight is 411 g/mol. The summed E-state index contributed by atoms with van der Waals surface area (Å²) < 4.78 is 28.6. The van der Waals surface area contributed by atoms with Gasteiger partial charge in [0.05, 0.1) is 10.5 Å². The van der Waals surface area contributed by atoms with Gasteiger partial charge in [0.15, 0.2) is 0 Å². The van der Waals surface area contributed by atoms with Gasteiger partial charge in [-0.1, -0.05) is 27.5 Å². The quantitative estimate of drug-likeness (QED) is 0.676. The molecule has 0 radical (unpaired) electrons. The van der Waals surface area contributed by atoms with Crippen LogP contribution in [0.5, 0.6) is 0 Å². The van der Waals surface area contributed by atoms with Gasteiger partial charge in [-0.05, 0) is 51.8 Å². The molecule has 2 aromatic carbocycles. The zero-order valence-electron chi connectivity index (χ0n) is 9.43. The zero-order valence-corrected chi connectivity index (χ0v) is 13.4. The zero-order chi connectivity index (χ0) is 14.2. The van der Waals surface area contributed by atoms with E-state index in [0.717, 1.165) is 0 Å². The van der Waals surface area contributed by atoms with Crippen LogP contribution in [0.25, 0.3) is 0 Å². The van der Waals surface area contributed by atoms with Crippen molar-refractivity contribution in [2.75, 3.05) is 0 Å². The van der Waals surface area contributed by atoms with E-state index >= 15 is 0 Å². The van der Waals surface area contributed by atoms with Gasteiger partial charge in [-0.2, -0.15) is 0 Å². The van der Waals surface area contributed by atoms with Crippen LogP contribution in [0.2, 0.25) is 5.02 Å². The minimum Gasteiger partial charge on any atom is -0.320 e. The van der Waals surface area contributed by atoms with E-state index in [-0.39, 0.29) is 10.0 Å². The lowest BCUT2D eigenvalue weighted by atomic mass is 9.98. The SMILES string of the molecule is NC(c1cc(Cl)ccc1Br)c1c(F)ccc(Br)c1F. The number of benzene rings is 2. The van der Waals surface area contributed by atoms with Gasteiger partial charge >= 0.3 is 0 Å². The molecule has 0 aromatic heterocycles. The van der Waals surface area contributed by atoms with Crippen molar-refractivity contribution in [2.24, 2.45) is 5.73 Å². The first-order valence-corrected chi connectivity index (χ1v) is 7.22. The molecule has 0 aliphatic carbocycles. The summed E-state index contributed by atoms with van der Waals surface area (Å²) in [6.45, 7) is 0. The molecule has 19 heavy (non-hydrogen) atoms. The van der Waals surface area contributed by atoms with Crippen LogP contribution in [0.3, 0.4) is 0 Å². The molecule has 0 aliphatic heterocycles. The molecule has 1 nitrogen and oxygen atoms in total. The van der Waals surface area contributed by atoms with Gasteiger partial charge in [0.25, 0.3) is 0 Å². The molecule has 2 aromatic rings. The maximum atomic E-state index is 14.0. The number of rotatable bonds is 2. The van der Waals surface area contributed by atoms with Crippen molar-refractivity contribution >= 4 is 43.5 Å². The first kappa shape index (κ1) is 14.9. The Balaban J connectivity index is 2.59. The molecule has 0 bridgehead atoms. The van der Waals surface area contributed by atoms with Gasteiger partial charge in [0.1, 0.15) is 11.6 Å². The van der Waals surface area contributed by atoms with E-state index in [0.29, 0.717) is 15.1 Å². The highest BCUT2D eigenvalue weighted by atomic mass is 79.9. The molecule has 0 fully saturated rings. The van der Waals surface area contributed by atoms with Crippen LogP contribution in [0.1, 0.15) is 17.2 Å². The minimum atomic E-state index is -0.953. The van der Waals surface area contributed by atoms with Gasteiger partial charge in [0.2, 0.25) is 0 Å². The maximum absolute atomic E-state index is 14.0. The Kier molecular flexibility index (Phi) is 4.61. The summed E-state index contributed by atoms with van der Waals surface area (Å²) in [7, 11) is 0. The number of nitrogens with two attached hydrogens (primary N) is 1. The van der Waals surface area contributed by atoms with Crippen LogP contribution in [-0.2, 0) is 0 Å². The Morgan fingerprint density at radius 3 is 2.37 bits per heavy atom. The fourth-order valence-corrected chi connectivity index (χ4v) is 2.76. The number of hydrogen-bond acceptors (Lipinski definition) is 1. The van der Waals surface area contributed by atoms with E-state index < -0.39 is 17.7 Å². The lowest BCUT2D eigenvalue weighted by Crippen LogP contribution is -2.16. The Labute approximate surface area is 131 Å². The third-order valence-electron chi connectivity index (χ3n) is 2.68. The first-order chi connectivity index (χ1) is 8.91. The van der Waals surface area contributed by atoms with Crippen LogP contribution < -0.4 is 5.73 Å². The predicted octanol–water partition coefficient (Wildman–Crippen LogP) is 5.19. The summed E-state index contributed by atoms with van der Waals surface area (Å²) >= 11 is 12.2. The van der Waals surface area contributed by atoms with Gasteiger partial charge in [-0.25, -0.2) is 8.78 Å². The van der Waals surface area contributed by atoms with E-state index in [2.05, 4.69) is 31.9 Å². The van der Waals surface area contributed by atoms with Crippen LogP contribution in [-0.4, -0.2) is 0 Å². The second-order valence-electron chi connectivity index (χ2n) is 3.90. The van der Waals surface area contributed by atoms with E-state index in [1.165, 1.54) is 12.1 Å². The monoisotopic (exact) mass is 409 g/mol. The van der Waals surface area contributed by atoms with Gasteiger partial charge in [-0.3, -0.25) is 0 Å². The molecular formula is C13H8Br2ClF2N. The van der Waals surface area contributed by atoms with Crippen LogP contribution in [0, 0.1) is 11.6 Å². The van der Waals surface area contributed by atoms with Crippen molar-refractivity contribution in [3.8, 4) is 0 Å². The Morgan fingerprint density at radius 1 is 1.05 bits per heavy atom. The molecule has 1 atom stereocenters. The molecular weight excluding hydrogens is 403 g/mol. The van der Waals surface area contributed by atoms with Gasteiger partial charge < -0.3 is 5.73 Å². The lowest BCUT2D eigenvalue weighted by molar-refractivity contribution is 0.539. The van der Waals surface area contributed by atoms with Crippen molar-refractivity contribution in [3.05, 3.63) is 67.1 Å². The molecule has 0 spiro atoms. The molecule has 0 amide bonds. The van der Waals surface area contributed by atoms with Crippen LogP contribution in [0.15, 0.2) is 39.3 Å². The third-order valence-corrected chi connectivity index (χ3v) is 4.25. The molecule has 0 saturated heterocycles. The standard InChI is InChI=1S/C13H8Br2ClF2N/c14-8-2-1-6(16)5-7(8)13(19)11-10(17)4-3-9(15)12(11)18/h1-5,13H,19H2. The second kappa shape index (κ2) is 5.87. The van der Waals surface area contributed by atoms with Crippen LogP contribution >= 0.6 is 43.5 Å². The minimum absolute atomic E-state index is 0.164. The fourth-order valence-electron chi connectivity index (χ4n) is 1.74. The summed E-state index contributed by atoms with van der Waals surface area (Å²) in [4.78, 5) is 0. The molecule has 100 valence electrons. The fraction of sp³-hybridized carbons (Fsp3) is 0.0769. The predicted molar refractivity (Wildman–Crippen MR) is 79.2 cm³/mol. The van der Waals surface area contributed by atoms with Crippen molar-refractivity contribution in [2.45, 2.75) is 6.04 Å². The van der Waals surface area contributed by atoms with Crippen molar-refractivity contribution in [1.29, 1.82) is 0 Å². The summed E-state index contributed by atoms with van der Waals surface area (Å²) in [5, 5.41) is 0.449. The Bertz CT molecular complexity index is 634. The molecule has 2 N–H and O–H groups in total. The Morgan fingerprint density at radius 2 is 1.68 bits per heavy atom. The molecule has 1 unspecified atom stereocenters. The van der Waals surface area contributed by atoms with E-state index in [9.17, 15) is 8.78 Å². The third kappa shape index (κ3) is 2.99. The smallest absolute Gasteiger partial charge is 0.145 e. The van der Waals surface area contributed by atoms with E-state index in [1.807, 2.05) is 0 Å². The highest BCUT2D eigenvalue weighted by Gasteiger charge is 2.22. The lowest BCUT2D eigenvalue weighted by Gasteiger charge is -2.17. The highest BCUT2D eigenvalue weighted by Crippen LogP contribution is 2.33. The second-order valence-corrected chi connectivity index (χ2v) is 6.05. The summed E-state index contributed by atoms with van der Waals surface area (Å²) in [6.07, 6.45) is 0. The van der Waals surface area contributed by atoms with Crippen molar-refractivity contribution in [3.63, 3.8) is 0 Å². The molecule has 0 aliphatic rings. The van der Waals surface area contributed by atoms with Crippen LogP contribution in [0.4, 0.5) is 8.78 Å². The van der Waals surface area contributed by atoms with Crippen molar-refractivity contribution in [1.82, 2.24) is 0 Å². The molecule has 6 heteroatoms. The molecule has 0 heterocycles. The van der Waals surface area contributed by atoms with Gasteiger partial charge in [0, 0.05) is 15.1 Å². The summed E-state index contributed by atoms with van der Waals surface area (Å²) in [5.74, 6) is -1.40. The van der Waals surface area contributed by atoms with Gasteiger partial charge in [-0.15, -0.1) is 0 Å². The topological polar surface area (TPSA) is 26.0 Å².